The number of carbonyl (C=O) groups excluding carboxylic acids is 1. The van der Waals surface area contributed by atoms with E-state index in [0.29, 0.717) is 19.4 Å². The van der Waals surface area contributed by atoms with Gasteiger partial charge in [0, 0.05) is 19.4 Å². The highest BCUT2D eigenvalue weighted by Crippen LogP contribution is 1.94. The molecule has 16 heteroatoms. The monoisotopic (exact) mass is 467 g/mol. The number of carboxylic acids is 4. The molecular weight excluding hydrogens is 434 g/mol. The highest BCUT2D eigenvalue weighted by Gasteiger charge is 2.12. The number of aliphatic carboxylic acids is 4. The predicted molar refractivity (Wildman–Crippen MR) is 111 cm³/mol. The summed E-state index contributed by atoms with van der Waals surface area (Å²) in [5.41, 5.74) is 25.0. The van der Waals surface area contributed by atoms with Crippen LogP contribution in [0, 0.1) is 5.41 Å². The van der Waals surface area contributed by atoms with Gasteiger partial charge in [-0.25, -0.2) is 0 Å². The second-order valence-electron chi connectivity index (χ2n) is 6.25. The molecule has 32 heavy (non-hydrogen) atoms. The van der Waals surface area contributed by atoms with Crippen LogP contribution in [0.4, 0.5) is 0 Å². The van der Waals surface area contributed by atoms with Crippen molar-refractivity contribution in [2.45, 2.75) is 56.7 Å². The largest absolute Gasteiger partial charge is 0.481 e. The molecule has 3 unspecified atom stereocenters. The molecule has 0 rings (SSSR count). The van der Waals surface area contributed by atoms with E-state index >= 15 is 0 Å². The Balaban J connectivity index is -0.000000397. The maximum Gasteiger partial charge on any atom is 0.320 e. The van der Waals surface area contributed by atoms with Gasteiger partial charge in [0.25, 0.3) is 0 Å². The molecule has 0 fully saturated rings. The molecule has 0 aromatic rings. The van der Waals surface area contributed by atoms with Crippen LogP contribution >= 0.6 is 0 Å². The van der Waals surface area contributed by atoms with E-state index in [0.717, 1.165) is 0 Å². The summed E-state index contributed by atoms with van der Waals surface area (Å²) in [4.78, 5) is 50.2. The van der Waals surface area contributed by atoms with Crippen molar-refractivity contribution in [3.8, 4) is 0 Å². The molecule has 0 bridgehead atoms. The van der Waals surface area contributed by atoms with Crippen molar-refractivity contribution in [2.24, 2.45) is 28.7 Å². The number of amides is 1. The minimum atomic E-state index is -1.17. The molecule has 0 aliphatic carbocycles. The zero-order chi connectivity index (χ0) is 25.9. The minimum Gasteiger partial charge on any atom is -0.481 e. The van der Waals surface area contributed by atoms with Crippen molar-refractivity contribution in [3.63, 3.8) is 0 Å². The first kappa shape index (κ1) is 33.1. The molecule has 0 saturated carbocycles. The molecule has 0 aromatic carbocycles. The predicted octanol–water partition coefficient (Wildman–Crippen LogP) is -3.41. The van der Waals surface area contributed by atoms with Gasteiger partial charge in [0.05, 0.1) is 0 Å². The van der Waals surface area contributed by atoms with Gasteiger partial charge in [-0.05, 0) is 25.7 Å². The zero-order valence-electron chi connectivity index (χ0n) is 17.4. The van der Waals surface area contributed by atoms with Crippen molar-refractivity contribution in [1.29, 1.82) is 5.41 Å². The standard InChI is InChI=1S/C6H14N4O2.C5H10N2O3.C5H9NO4/c7-4(5(11)12)2-1-3-10-6(8)9;2*6-3(5(9)10)1-2-4(7)8/h4H,1-3,7H2,(H,11,12)(H4,8,9,10);3H,1-2,6H2,(H2,7,8)(H,9,10);3H,1-2,6H2,(H,7,8)(H,9,10). The summed E-state index contributed by atoms with van der Waals surface area (Å²) in [5, 5.41) is 42.2. The van der Waals surface area contributed by atoms with Crippen LogP contribution in [0.15, 0.2) is 0 Å². The molecule has 0 spiro atoms. The van der Waals surface area contributed by atoms with E-state index in [1.165, 1.54) is 0 Å². The summed E-state index contributed by atoms with van der Waals surface area (Å²) < 4.78 is 0. The third-order valence-electron chi connectivity index (χ3n) is 3.33. The summed E-state index contributed by atoms with van der Waals surface area (Å²) in [7, 11) is 0. The number of hydrogen-bond acceptors (Lipinski definition) is 9. The zero-order valence-corrected chi connectivity index (χ0v) is 17.4. The van der Waals surface area contributed by atoms with Gasteiger partial charge >= 0.3 is 23.9 Å². The molecule has 16 N–H and O–H groups in total. The van der Waals surface area contributed by atoms with E-state index in [4.69, 9.17) is 54.5 Å². The van der Waals surface area contributed by atoms with Crippen LogP contribution in [0.3, 0.4) is 0 Å². The van der Waals surface area contributed by atoms with Crippen LogP contribution in [0.1, 0.15) is 38.5 Å². The molecular formula is C16H33N7O9. The lowest BCUT2D eigenvalue weighted by Crippen LogP contribution is -2.34. The third-order valence-corrected chi connectivity index (χ3v) is 3.33. The highest BCUT2D eigenvalue weighted by atomic mass is 16.4. The van der Waals surface area contributed by atoms with E-state index in [1.807, 2.05) is 0 Å². The van der Waals surface area contributed by atoms with Gasteiger partial charge in [0.2, 0.25) is 5.91 Å². The maximum atomic E-state index is 10.2. The molecule has 1 amide bonds. The summed E-state index contributed by atoms with van der Waals surface area (Å²) >= 11 is 0. The third kappa shape index (κ3) is 26.5. The number of primary amides is 1. The highest BCUT2D eigenvalue weighted by molar-refractivity contribution is 5.77. The fourth-order valence-corrected chi connectivity index (χ4v) is 1.49. The number of nitrogens with one attached hydrogen (secondary N) is 2. The molecule has 3 atom stereocenters. The second-order valence-corrected chi connectivity index (χ2v) is 6.25. The fraction of sp³-hybridized carbons (Fsp3) is 0.625. The first-order valence-corrected chi connectivity index (χ1v) is 9.14. The number of carboxylic acid groups (broad SMARTS) is 4. The van der Waals surface area contributed by atoms with Crippen LogP contribution < -0.4 is 34.0 Å². The van der Waals surface area contributed by atoms with E-state index in [2.05, 4.69) is 5.32 Å². The molecule has 0 heterocycles. The smallest absolute Gasteiger partial charge is 0.320 e. The molecule has 0 aromatic heterocycles. The normalized spacial score (nSPS) is 12.3. The van der Waals surface area contributed by atoms with Gasteiger partial charge in [0.1, 0.15) is 18.1 Å². The number of carbonyl (C=O) groups is 5. The Hall–Kier alpha value is -3.50. The van der Waals surface area contributed by atoms with Gasteiger partial charge < -0.3 is 54.4 Å². The molecule has 16 nitrogen and oxygen atoms in total. The average molecular weight is 467 g/mol. The van der Waals surface area contributed by atoms with Crippen LogP contribution in [0.2, 0.25) is 0 Å². The van der Waals surface area contributed by atoms with Crippen LogP contribution in [-0.2, 0) is 24.0 Å². The number of rotatable bonds is 13. The average Bonchev–Trinajstić information content (AvgIpc) is 2.67. The topological polar surface area (TPSA) is 332 Å². The van der Waals surface area contributed by atoms with E-state index in [9.17, 15) is 24.0 Å². The Morgan fingerprint density at radius 1 is 0.719 bits per heavy atom. The SMILES string of the molecule is N=C(N)NCCCC(N)C(=O)O.NC(=O)CCC(N)C(=O)O.NC(CCC(=O)O)C(=O)O. The Labute approximate surface area is 183 Å². The lowest BCUT2D eigenvalue weighted by atomic mass is 10.2. The second kappa shape index (κ2) is 19.5. The van der Waals surface area contributed by atoms with Crippen molar-refractivity contribution in [1.82, 2.24) is 5.32 Å². The van der Waals surface area contributed by atoms with E-state index < -0.39 is 47.9 Å². The Morgan fingerprint density at radius 3 is 1.41 bits per heavy atom. The Kier molecular flexibility index (Phi) is 20.2. The maximum absolute atomic E-state index is 10.2. The number of guanidine groups is 1. The molecule has 0 aliphatic rings. The number of nitrogens with two attached hydrogens (primary N) is 5. The van der Waals surface area contributed by atoms with Crippen LogP contribution in [-0.4, -0.2) is 80.8 Å². The van der Waals surface area contributed by atoms with Crippen molar-refractivity contribution >= 4 is 35.7 Å². The first-order chi connectivity index (χ1) is 14.6. The van der Waals surface area contributed by atoms with Crippen molar-refractivity contribution < 1.29 is 44.4 Å². The van der Waals surface area contributed by atoms with E-state index in [-0.39, 0.29) is 31.6 Å². The summed E-state index contributed by atoms with van der Waals surface area (Å²) in [6.07, 6.45) is 0.874. The van der Waals surface area contributed by atoms with Gasteiger partial charge in [-0.1, -0.05) is 0 Å². The van der Waals surface area contributed by atoms with Crippen molar-refractivity contribution in [3.05, 3.63) is 0 Å². The summed E-state index contributed by atoms with van der Waals surface area (Å²) in [6, 6.07) is -2.86. The Bertz CT molecular complexity index is 597. The lowest BCUT2D eigenvalue weighted by Gasteiger charge is -2.06. The van der Waals surface area contributed by atoms with E-state index in [1.54, 1.807) is 0 Å². The van der Waals surface area contributed by atoms with Gasteiger partial charge in [-0.15, -0.1) is 0 Å². The quantitative estimate of drug-likeness (QED) is 0.0713. The minimum absolute atomic E-state index is 0.0213. The van der Waals surface area contributed by atoms with Crippen molar-refractivity contribution in [2.75, 3.05) is 6.54 Å². The molecule has 186 valence electrons. The van der Waals surface area contributed by atoms with Gasteiger partial charge in [-0.3, -0.25) is 29.4 Å². The number of hydrogen-bond donors (Lipinski definition) is 11. The summed E-state index contributed by atoms with van der Waals surface area (Å²) in [5.74, 6) is -4.95. The van der Waals surface area contributed by atoms with Gasteiger partial charge in [-0.2, -0.15) is 0 Å². The lowest BCUT2D eigenvalue weighted by molar-refractivity contribution is -0.141. The molecule has 0 saturated heterocycles. The van der Waals surface area contributed by atoms with Gasteiger partial charge in [0.15, 0.2) is 5.96 Å². The Morgan fingerprint density at radius 2 is 1.09 bits per heavy atom. The van der Waals surface area contributed by atoms with Crippen LogP contribution in [0.5, 0.6) is 0 Å². The fourth-order valence-electron chi connectivity index (χ4n) is 1.49. The molecule has 0 radical (unpaired) electrons. The summed E-state index contributed by atoms with van der Waals surface area (Å²) in [6.45, 7) is 0.482. The first-order valence-electron chi connectivity index (χ1n) is 9.14. The molecule has 0 aliphatic heterocycles. The van der Waals surface area contributed by atoms with Crippen LogP contribution in [0.25, 0.3) is 0 Å².